The van der Waals surface area contributed by atoms with E-state index in [1.165, 1.54) is 10.4 Å². The first-order valence-electron chi connectivity index (χ1n) is 6.65. The summed E-state index contributed by atoms with van der Waals surface area (Å²) >= 11 is 0. The Kier molecular flexibility index (Phi) is 4.92. The van der Waals surface area contributed by atoms with Gasteiger partial charge >= 0.3 is 0 Å². The molecule has 8 heteroatoms. The highest BCUT2D eigenvalue weighted by molar-refractivity contribution is 7.89. The van der Waals surface area contributed by atoms with E-state index in [0.29, 0.717) is 13.1 Å². The Morgan fingerprint density at radius 1 is 1.33 bits per heavy atom. The molecule has 0 spiro atoms. The van der Waals surface area contributed by atoms with E-state index in [0.717, 1.165) is 25.0 Å². The molecule has 0 bridgehead atoms. The standard InChI is InChI=1S/C13H17FN2O4S/c14-11-4-3-10(13(18)15-5-8-17)9-12(11)21(19,20)16-6-1-2-7-16/h3-4,9,17H,1-2,5-8H2,(H,15,18). The number of aliphatic hydroxyl groups is 1. The summed E-state index contributed by atoms with van der Waals surface area (Å²) in [5.74, 6) is -1.43. The van der Waals surface area contributed by atoms with Crippen LogP contribution < -0.4 is 5.32 Å². The second kappa shape index (κ2) is 6.50. The first-order valence-corrected chi connectivity index (χ1v) is 8.09. The molecule has 2 rings (SSSR count). The molecule has 2 N–H and O–H groups in total. The lowest BCUT2D eigenvalue weighted by atomic mass is 10.2. The fourth-order valence-corrected chi connectivity index (χ4v) is 3.79. The normalized spacial score (nSPS) is 16.1. The van der Waals surface area contributed by atoms with Gasteiger partial charge in [0.05, 0.1) is 6.61 Å². The van der Waals surface area contributed by atoms with Crippen LogP contribution in [0.1, 0.15) is 23.2 Å². The number of carbonyl (C=O) groups excluding carboxylic acids is 1. The monoisotopic (exact) mass is 316 g/mol. The first-order chi connectivity index (χ1) is 9.96. The minimum absolute atomic E-state index is 0.0441. The predicted octanol–water partition coefficient (Wildman–Crippen LogP) is 0.332. The molecule has 1 fully saturated rings. The summed E-state index contributed by atoms with van der Waals surface area (Å²) in [4.78, 5) is 11.3. The van der Waals surface area contributed by atoms with Gasteiger partial charge in [0, 0.05) is 25.2 Å². The van der Waals surface area contributed by atoms with Crippen LogP contribution >= 0.6 is 0 Å². The largest absolute Gasteiger partial charge is 0.395 e. The number of nitrogens with zero attached hydrogens (tertiary/aromatic N) is 1. The van der Waals surface area contributed by atoms with Crippen LogP contribution in [0.2, 0.25) is 0 Å². The molecule has 0 aliphatic carbocycles. The minimum atomic E-state index is -3.92. The zero-order valence-corrected chi connectivity index (χ0v) is 12.2. The molecule has 1 aliphatic rings. The van der Waals surface area contributed by atoms with Crippen LogP contribution in [-0.4, -0.2) is 50.0 Å². The summed E-state index contributed by atoms with van der Waals surface area (Å²) in [6.07, 6.45) is 1.50. The van der Waals surface area contributed by atoms with E-state index in [9.17, 15) is 17.6 Å². The molecule has 1 amide bonds. The van der Waals surface area contributed by atoms with Gasteiger partial charge < -0.3 is 10.4 Å². The summed E-state index contributed by atoms with van der Waals surface area (Å²) in [5.41, 5.74) is 0.0441. The van der Waals surface area contributed by atoms with Crippen molar-refractivity contribution >= 4 is 15.9 Å². The van der Waals surface area contributed by atoms with Gasteiger partial charge in [-0.1, -0.05) is 0 Å². The van der Waals surface area contributed by atoms with E-state index in [1.54, 1.807) is 0 Å². The number of rotatable bonds is 5. The van der Waals surface area contributed by atoms with Crippen molar-refractivity contribution in [1.82, 2.24) is 9.62 Å². The predicted molar refractivity (Wildman–Crippen MR) is 73.8 cm³/mol. The van der Waals surface area contributed by atoms with Crippen molar-refractivity contribution in [2.75, 3.05) is 26.2 Å². The Morgan fingerprint density at radius 3 is 2.62 bits per heavy atom. The van der Waals surface area contributed by atoms with Crippen LogP contribution in [-0.2, 0) is 10.0 Å². The third-order valence-electron chi connectivity index (χ3n) is 3.27. The van der Waals surface area contributed by atoms with Crippen LogP contribution in [0.5, 0.6) is 0 Å². The van der Waals surface area contributed by atoms with Crippen LogP contribution in [0, 0.1) is 5.82 Å². The Hall–Kier alpha value is -1.51. The summed E-state index contributed by atoms with van der Waals surface area (Å²) in [6, 6.07) is 3.22. The fourth-order valence-electron chi connectivity index (χ4n) is 2.18. The summed E-state index contributed by atoms with van der Waals surface area (Å²) in [6.45, 7) is 0.543. The second-order valence-electron chi connectivity index (χ2n) is 4.74. The van der Waals surface area contributed by atoms with E-state index in [-0.39, 0.29) is 18.7 Å². The van der Waals surface area contributed by atoms with Crippen LogP contribution in [0.4, 0.5) is 4.39 Å². The third kappa shape index (κ3) is 3.39. The summed E-state index contributed by atoms with van der Waals surface area (Å²) in [7, 11) is -3.92. The maximum Gasteiger partial charge on any atom is 0.251 e. The number of aliphatic hydroxyl groups excluding tert-OH is 1. The van der Waals surface area contributed by atoms with Gasteiger partial charge in [0.2, 0.25) is 10.0 Å². The average molecular weight is 316 g/mol. The first kappa shape index (κ1) is 15.9. The molecular formula is C13H17FN2O4S. The van der Waals surface area contributed by atoms with Gasteiger partial charge in [-0.2, -0.15) is 4.31 Å². The maximum atomic E-state index is 13.9. The van der Waals surface area contributed by atoms with E-state index < -0.39 is 26.6 Å². The molecule has 0 radical (unpaired) electrons. The number of hydrogen-bond acceptors (Lipinski definition) is 4. The molecule has 1 saturated heterocycles. The number of amides is 1. The van der Waals surface area contributed by atoms with E-state index >= 15 is 0 Å². The van der Waals surface area contributed by atoms with E-state index in [1.807, 2.05) is 0 Å². The van der Waals surface area contributed by atoms with Gasteiger partial charge in [-0.25, -0.2) is 12.8 Å². The molecule has 1 aromatic rings. The van der Waals surface area contributed by atoms with Gasteiger partial charge in [-0.15, -0.1) is 0 Å². The van der Waals surface area contributed by atoms with Crippen molar-refractivity contribution in [2.45, 2.75) is 17.7 Å². The van der Waals surface area contributed by atoms with Crippen molar-refractivity contribution in [3.05, 3.63) is 29.6 Å². The van der Waals surface area contributed by atoms with Crippen molar-refractivity contribution < 1.29 is 22.7 Å². The van der Waals surface area contributed by atoms with Crippen LogP contribution in [0.15, 0.2) is 23.1 Å². The smallest absolute Gasteiger partial charge is 0.251 e. The van der Waals surface area contributed by atoms with Gasteiger partial charge in [0.25, 0.3) is 5.91 Å². The van der Waals surface area contributed by atoms with Crippen LogP contribution in [0.25, 0.3) is 0 Å². The number of hydrogen-bond donors (Lipinski definition) is 2. The van der Waals surface area contributed by atoms with Gasteiger partial charge in [-0.3, -0.25) is 4.79 Å². The molecule has 1 heterocycles. The lowest BCUT2D eigenvalue weighted by Crippen LogP contribution is -2.30. The lowest BCUT2D eigenvalue weighted by Gasteiger charge is -2.16. The number of halogens is 1. The van der Waals surface area contributed by atoms with Gasteiger partial charge in [0.15, 0.2) is 0 Å². The molecule has 116 valence electrons. The summed E-state index contributed by atoms with van der Waals surface area (Å²) < 4.78 is 39.8. The van der Waals surface area contributed by atoms with Crippen molar-refractivity contribution in [3.63, 3.8) is 0 Å². The topological polar surface area (TPSA) is 86.7 Å². The molecule has 0 atom stereocenters. The average Bonchev–Trinajstić information content (AvgIpc) is 3.00. The van der Waals surface area contributed by atoms with Crippen molar-refractivity contribution in [3.8, 4) is 0 Å². The molecule has 1 aliphatic heterocycles. The Morgan fingerprint density at radius 2 is 2.00 bits per heavy atom. The Bertz CT molecular complexity index is 627. The second-order valence-corrected chi connectivity index (χ2v) is 6.64. The molecule has 21 heavy (non-hydrogen) atoms. The Labute approximate surface area is 122 Å². The minimum Gasteiger partial charge on any atom is -0.395 e. The molecule has 0 saturated carbocycles. The number of carbonyl (C=O) groups is 1. The fraction of sp³-hybridized carbons (Fsp3) is 0.462. The van der Waals surface area contributed by atoms with Crippen LogP contribution in [0.3, 0.4) is 0 Å². The molecular weight excluding hydrogens is 299 g/mol. The third-order valence-corrected chi connectivity index (χ3v) is 5.19. The highest BCUT2D eigenvalue weighted by atomic mass is 32.2. The zero-order valence-electron chi connectivity index (χ0n) is 11.4. The number of sulfonamides is 1. The van der Waals surface area contributed by atoms with Crippen molar-refractivity contribution in [2.24, 2.45) is 0 Å². The molecule has 0 unspecified atom stereocenters. The number of benzene rings is 1. The SMILES string of the molecule is O=C(NCCO)c1ccc(F)c(S(=O)(=O)N2CCCC2)c1. The Balaban J connectivity index is 2.33. The molecule has 0 aromatic heterocycles. The number of nitrogens with one attached hydrogen (secondary N) is 1. The lowest BCUT2D eigenvalue weighted by molar-refractivity contribution is 0.0944. The van der Waals surface area contributed by atoms with E-state index in [2.05, 4.69) is 5.32 Å². The zero-order chi connectivity index (χ0) is 15.5. The van der Waals surface area contributed by atoms with Gasteiger partial charge in [0.1, 0.15) is 10.7 Å². The molecule has 1 aromatic carbocycles. The van der Waals surface area contributed by atoms with E-state index in [4.69, 9.17) is 5.11 Å². The quantitative estimate of drug-likeness (QED) is 0.820. The highest BCUT2D eigenvalue weighted by Crippen LogP contribution is 2.24. The molecule has 6 nitrogen and oxygen atoms in total. The highest BCUT2D eigenvalue weighted by Gasteiger charge is 2.30. The van der Waals surface area contributed by atoms with Crippen molar-refractivity contribution in [1.29, 1.82) is 0 Å². The van der Waals surface area contributed by atoms with Gasteiger partial charge in [-0.05, 0) is 31.0 Å². The maximum absolute atomic E-state index is 13.9. The summed E-state index contributed by atoms with van der Waals surface area (Å²) in [5, 5.41) is 11.1.